The maximum atomic E-state index is 12.4. The van der Waals surface area contributed by atoms with Crippen LogP contribution in [0.3, 0.4) is 0 Å². The summed E-state index contributed by atoms with van der Waals surface area (Å²) in [4.78, 5) is 19.8. The van der Waals surface area contributed by atoms with Gasteiger partial charge in [0.15, 0.2) is 15.0 Å². The first-order valence-corrected chi connectivity index (χ1v) is 12.4. The summed E-state index contributed by atoms with van der Waals surface area (Å²) in [6.45, 7) is 0.665. The highest BCUT2D eigenvalue weighted by atomic mass is 32.2. The quantitative estimate of drug-likeness (QED) is 0.744. The fourth-order valence-electron chi connectivity index (χ4n) is 3.50. The molecule has 2 fully saturated rings. The van der Waals surface area contributed by atoms with Crippen molar-refractivity contribution in [2.24, 2.45) is 4.99 Å². The molecule has 3 heterocycles. The van der Waals surface area contributed by atoms with Gasteiger partial charge in [-0.1, -0.05) is 48.2 Å². The fourth-order valence-corrected chi connectivity index (χ4v) is 8.19. The van der Waals surface area contributed by atoms with Crippen LogP contribution >= 0.6 is 23.1 Å². The first kappa shape index (κ1) is 18.7. The van der Waals surface area contributed by atoms with Crippen molar-refractivity contribution in [2.75, 3.05) is 18.1 Å². The van der Waals surface area contributed by atoms with Crippen LogP contribution in [0.15, 0.2) is 52.8 Å². The lowest BCUT2D eigenvalue weighted by atomic mass is 10.1. The number of carbonyl (C=O) groups excluding carboxylic acids is 1. The van der Waals surface area contributed by atoms with Gasteiger partial charge in [0.1, 0.15) is 0 Å². The summed E-state index contributed by atoms with van der Waals surface area (Å²) in [6, 6.07) is 13.9. The molecule has 1 amide bonds. The van der Waals surface area contributed by atoms with Gasteiger partial charge < -0.3 is 4.90 Å². The Morgan fingerprint density at radius 2 is 1.96 bits per heavy atom. The number of nitrogens with zero attached hydrogens (tertiary/aromatic N) is 2. The molecule has 5 nitrogen and oxygen atoms in total. The number of amides is 1. The molecule has 2 atom stereocenters. The molecule has 0 radical (unpaired) electrons. The Morgan fingerprint density at radius 3 is 2.70 bits per heavy atom. The first-order valence-electron chi connectivity index (χ1n) is 8.82. The number of hydrogen-bond donors (Lipinski definition) is 0. The van der Waals surface area contributed by atoms with Gasteiger partial charge in [-0.05, 0) is 23.4 Å². The summed E-state index contributed by atoms with van der Waals surface area (Å²) in [5.41, 5.74) is 1.19. The molecule has 27 heavy (non-hydrogen) atoms. The zero-order valence-corrected chi connectivity index (χ0v) is 17.1. The van der Waals surface area contributed by atoms with Crippen molar-refractivity contribution in [1.29, 1.82) is 0 Å². The van der Waals surface area contributed by atoms with E-state index in [4.69, 9.17) is 0 Å². The SMILES string of the molecule is O=C(Cc1cccs1)N=C1S[C@@H]2CS(=O)(=O)C[C@@H]2N1CCc1ccccc1. The van der Waals surface area contributed by atoms with Crippen LogP contribution in [0.4, 0.5) is 0 Å². The third-order valence-electron chi connectivity index (χ3n) is 4.78. The number of hydrogen-bond acceptors (Lipinski definition) is 5. The number of benzene rings is 1. The first-order chi connectivity index (χ1) is 13.0. The molecule has 1 aromatic heterocycles. The molecule has 142 valence electrons. The maximum absolute atomic E-state index is 12.4. The van der Waals surface area contributed by atoms with Gasteiger partial charge in [-0.3, -0.25) is 4.79 Å². The highest BCUT2D eigenvalue weighted by Gasteiger charge is 2.48. The molecule has 0 saturated carbocycles. The normalized spacial score (nSPS) is 25.0. The highest BCUT2D eigenvalue weighted by Crippen LogP contribution is 2.38. The Bertz CT molecular complexity index is 940. The third kappa shape index (κ3) is 4.44. The Hall–Kier alpha value is -1.64. The molecular weight excluding hydrogens is 400 g/mol. The van der Waals surface area contributed by atoms with E-state index in [0.29, 0.717) is 18.1 Å². The molecule has 4 rings (SSSR count). The van der Waals surface area contributed by atoms with Crippen molar-refractivity contribution in [3.05, 3.63) is 58.3 Å². The van der Waals surface area contributed by atoms with E-state index in [1.807, 2.05) is 40.6 Å². The van der Waals surface area contributed by atoms with Crippen LogP contribution in [0.5, 0.6) is 0 Å². The predicted octanol–water partition coefficient (Wildman–Crippen LogP) is 2.63. The van der Waals surface area contributed by atoms with Gasteiger partial charge >= 0.3 is 0 Å². The molecule has 2 aliphatic heterocycles. The van der Waals surface area contributed by atoms with Crippen molar-refractivity contribution in [2.45, 2.75) is 24.1 Å². The second-order valence-electron chi connectivity index (χ2n) is 6.77. The number of fused-ring (bicyclic) bond motifs is 1. The molecule has 2 aromatic rings. The van der Waals surface area contributed by atoms with Crippen molar-refractivity contribution in [3.8, 4) is 0 Å². The predicted molar refractivity (Wildman–Crippen MR) is 111 cm³/mol. The Labute approximate surface area is 167 Å². The maximum Gasteiger partial charge on any atom is 0.253 e. The molecular formula is C19H20N2O3S3. The lowest BCUT2D eigenvalue weighted by molar-refractivity contribution is -0.117. The number of thioether (sulfide) groups is 1. The van der Waals surface area contributed by atoms with Crippen LogP contribution in [0, 0.1) is 0 Å². The van der Waals surface area contributed by atoms with Crippen LogP contribution in [0.25, 0.3) is 0 Å². The van der Waals surface area contributed by atoms with Crippen LogP contribution in [-0.4, -0.2) is 53.7 Å². The van der Waals surface area contributed by atoms with E-state index in [0.717, 1.165) is 11.3 Å². The minimum atomic E-state index is -3.02. The Morgan fingerprint density at radius 1 is 1.15 bits per heavy atom. The van der Waals surface area contributed by atoms with E-state index in [2.05, 4.69) is 17.1 Å². The molecule has 0 N–H and O–H groups in total. The topological polar surface area (TPSA) is 66.8 Å². The number of sulfone groups is 1. The van der Waals surface area contributed by atoms with Gasteiger partial charge in [0.2, 0.25) is 0 Å². The summed E-state index contributed by atoms with van der Waals surface area (Å²) in [5.74, 6) is 0.146. The van der Waals surface area contributed by atoms with Crippen LogP contribution in [-0.2, 0) is 27.5 Å². The molecule has 2 aliphatic rings. The van der Waals surface area contributed by atoms with Crippen molar-refractivity contribution < 1.29 is 13.2 Å². The van der Waals surface area contributed by atoms with E-state index < -0.39 is 9.84 Å². The van der Waals surface area contributed by atoms with Gasteiger partial charge in [0.05, 0.1) is 24.0 Å². The number of thiophene rings is 1. The number of rotatable bonds is 5. The van der Waals surface area contributed by atoms with Crippen molar-refractivity contribution >= 4 is 44.0 Å². The lowest BCUT2D eigenvalue weighted by Crippen LogP contribution is -2.39. The smallest absolute Gasteiger partial charge is 0.253 e. The average Bonchev–Trinajstić information content (AvgIpc) is 3.29. The van der Waals surface area contributed by atoms with Crippen molar-refractivity contribution in [3.63, 3.8) is 0 Å². The molecule has 0 spiro atoms. The Balaban J connectivity index is 1.52. The molecule has 0 aliphatic carbocycles. The molecule has 2 saturated heterocycles. The highest BCUT2D eigenvalue weighted by molar-refractivity contribution is 8.15. The van der Waals surface area contributed by atoms with Gasteiger partial charge in [0.25, 0.3) is 5.91 Å². The summed E-state index contributed by atoms with van der Waals surface area (Å²) in [5, 5.41) is 2.60. The standard InChI is InChI=1S/C19H20N2O3S3/c22-18(11-15-7-4-10-25-15)20-19-21(9-8-14-5-2-1-3-6-14)16-12-27(23,24)13-17(16)26-19/h1-7,10,16-17H,8-9,11-13H2/t16-,17+/m0/s1. The minimum Gasteiger partial charge on any atom is -0.346 e. The number of aliphatic imine (C=N–C) groups is 1. The second-order valence-corrected chi connectivity index (χ2v) is 11.2. The number of carbonyl (C=O) groups is 1. The zero-order chi connectivity index (χ0) is 18.9. The summed E-state index contributed by atoms with van der Waals surface area (Å²) in [7, 11) is -3.02. The third-order valence-corrected chi connectivity index (χ3v) is 8.91. The van der Waals surface area contributed by atoms with E-state index >= 15 is 0 Å². The summed E-state index contributed by atoms with van der Waals surface area (Å²) >= 11 is 2.99. The largest absolute Gasteiger partial charge is 0.346 e. The lowest BCUT2D eigenvalue weighted by Gasteiger charge is -2.24. The van der Waals surface area contributed by atoms with E-state index in [1.54, 1.807) is 11.3 Å². The van der Waals surface area contributed by atoms with Crippen LogP contribution in [0.2, 0.25) is 0 Å². The molecule has 8 heteroatoms. The monoisotopic (exact) mass is 420 g/mol. The molecule has 0 unspecified atom stereocenters. The summed E-state index contributed by atoms with van der Waals surface area (Å²) < 4.78 is 24.1. The van der Waals surface area contributed by atoms with Crippen LogP contribution in [0.1, 0.15) is 10.4 Å². The zero-order valence-electron chi connectivity index (χ0n) is 14.7. The molecule has 1 aromatic carbocycles. The molecule has 0 bridgehead atoms. The second kappa shape index (κ2) is 7.77. The van der Waals surface area contributed by atoms with Gasteiger partial charge in [-0.25, -0.2) is 8.42 Å². The van der Waals surface area contributed by atoms with Gasteiger partial charge in [-0.15, -0.1) is 11.3 Å². The van der Waals surface area contributed by atoms with Gasteiger partial charge in [-0.2, -0.15) is 4.99 Å². The van der Waals surface area contributed by atoms with E-state index in [1.165, 1.54) is 17.3 Å². The van der Waals surface area contributed by atoms with Crippen molar-refractivity contribution in [1.82, 2.24) is 4.90 Å². The average molecular weight is 421 g/mol. The van der Waals surface area contributed by atoms with E-state index in [-0.39, 0.29) is 28.7 Å². The van der Waals surface area contributed by atoms with Gasteiger partial charge in [0, 0.05) is 16.7 Å². The minimum absolute atomic E-state index is 0.0286. The Kier molecular flexibility index (Phi) is 5.39. The fraction of sp³-hybridized carbons (Fsp3) is 0.368. The number of amidine groups is 1. The summed E-state index contributed by atoms with van der Waals surface area (Å²) in [6.07, 6.45) is 1.09. The van der Waals surface area contributed by atoms with E-state index in [9.17, 15) is 13.2 Å². The van der Waals surface area contributed by atoms with Crippen LogP contribution < -0.4 is 0 Å².